The number of hydrogen-bond donors (Lipinski definition) is 2. The van der Waals surface area contributed by atoms with Gasteiger partial charge in [0.1, 0.15) is 0 Å². The topological polar surface area (TPSA) is 72.0 Å². The van der Waals surface area contributed by atoms with E-state index in [4.69, 9.17) is 4.74 Å². The average molecular weight is 371 g/mol. The molecule has 1 fully saturated rings. The second-order valence-electron chi connectivity index (χ2n) is 3.84. The normalized spacial score (nSPS) is 19.0. The van der Waals surface area contributed by atoms with Crippen molar-refractivity contribution in [2.24, 2.45) is 4.99 Å². The molecule has 6 nitrogen and oxygen atoms in total. The molecule has 18 heavy (non-hydrogen) atoms. The number of nitrogens with one attached hydrogen (secondary N) is 2. The first-order valence-electron chi connectivity index (χ1n) is 5.89. The van der Waals surface area contributed by atoms with E-state index in [0.717, 1.165) is 26.0 Å². The van der Waals surface area contributed by atoms with Gasteiger partial charge < -0.3 is 20.1 Å². The molecule has 0 radical (unpaired) electrons. The van der Waals surface area contributed by atoms with Crippen LogP contribution in [0, 0.1) is 0 Å². The molecule has 0 bridgehead atoms. The summed E-state index contributed by atoms with van der Waals surface area (Å²) < 4.78 is 10.0. The van der Waals surface area contributed by atoms with Crippen molar-refractivity contribution in [2.75, 3.05) is 33.9 Å². The van der Waals surface area contributed by atoms with Crippen LogP contribution in [0.2, 0.25) is 0 Å². The van der Waals surface area contributed by atoms with E-state index in [1.807, 2.05) is 0 Å². The van der Waals surface area contributed by atoms with E-state index in [9.17, 15) is 4.79 Å². The van der Waals surface area contributed by atoms with E-state index in [1.165, 1.54) is 7.11 Å². The number of guanidine groups is 1. The van der Waals surface area contributed by atoms with E-state index in [0.29, 0.717) is 18.9 Å². The predicted molar refractivity (Wildman–Crippen MR) is 80.4 cm³/mol. The molecule has 0 spiro atoms. The number of nitrogens with zero attached hydrogens (tertiary/aromatic N) is 1. The van der Waals surface area contributed by atoms with Crippen molar-refractivity contribution in [2.45, 2.75) is 25.4 Å². The number of carbonyl (C=O) groups excluding carboxylic acids is 1. The Morgan fingerprint density at radius 1 is 1.50 bits per heavy atom. The van der Waals surface area contributed by atoms with E-state index in [1.54, 1.807) is 7.05 Å². The van der Waals surface area contributed by atoms with E-state index < -0.39 is 0 Å². The molecule has 1 aliphatic heterocycles. The first kappa shape index (κ1) is 17.4. The van der Waals surface area contributed by atoms with Crippen LogP contribution >= 0.6 is 24.0 Å². The van der Waals surface area contributed by atoms with Crippen molar-refractivity contribution in [3.63, 3.8) is 0 Å². The molecule has 0 aromatic heterocycles. The average Bonchev–Trinajstić information content (AvgIpc) is 2.86. The quantitative estimate of drug-likeness (QED) is 0.319. The number of methoxy groups -OCH3 is 1. The molecule has 0 saturated carbocycles. The summed E-state index contributed by atoms with van der Waals surface area (Å²) in [6.07, 6.45) is 2.82. The number of carbonyl (C=O) groups is 1. The first-order valence-corrected chi connectivity index (χ1v) is 5.89. The van der Waals surface area contributed by atoms with Gasteiger partial charge in [0.25, 0.3) is 0 Å². The fourth-order valence-electron chi connectivity index (χ4n) is 1.62. The minimum atomic E-state index is -0.230. The van der Waals surface area contributed by atoms with Gasteiger partial charge in [0.2, 0.25) is 0 Å². The second kappa shape index (κ2) is 10.4. The van der Waals surface area contributed by atoms with E-state index >= 15 is 0 Å². The maximum atomic E-state index is 10.9. The number of aliphatic imine (C=N–C) groups is 1. The lowest BCUT2D eigenvalue weighted by Gasteiger charge is -2.14. The zero-order valence-electron chi connectivity index (χ0n) is 10.9. The highest BCUT2D eigenvalue weighted by atomic mass is 127. The van der Waals surface area contributed by atoms with Crippen molar-refractivity contribution >= 4 is 35.9 Å². The van der Waals surface area contributed by atoms with Gasteiger partial charge in [-0.15, -0.1) is 24.0 Å². The van der Waals surface area contributed by atoms with Crippen LogP contribution in [0.5, 0.6) is 0 Å². The molecule has 2 N–H and O–H groups in total. The van der Waals surface area contributed by atoms with Gasteiger partial charge in [0.05, 0.1) is 19.6 Å². The third-order valence-corrected chi connectivity index (χ3v) is 2.59. The maximum Gasteiger partial charge on any atom is 0.307 e. The van der Waals surface area contributed by atoms with Crippen LogP contribution in [0.25, 0.3) is 0 Å². The zero-order valence-corrected chi connectivity index (χ0v) is 13.2. The molecule has 106 valence electrons. The number of halogens is 1. The van der Waals surface area contributed by atoms with Gasteiger partial charge in [-0.3, -0.25) is 9.79 Å². The lowest BCUT2D eigenvalue weighted by Crippen LogP contribution is -2.41. The van der Waals surface area contributed by atoms with Crippen molar-refractivity contribution in [3.8, 4) is 0 Å². The minimum Gasteiger partial charge on any atom is -0.469 e. The molecule has 0 aromatic carbocycles. The molecule has 1 atom stereocenters. The van der Waals surface area contributed by atoms with Crippen LogP contribution in [0.15, 0.2) is 4.99 Å². The number of ether oxygens (including phenoxy) is 2. The molecule has 1 saturated heterocycles. The summed E-state index contributed by atoms with van der Waals surface area (Å²) in [5.41, 5.74) is 0. The Morgan fingerprint density at radius 3 is 2.83 bits per heavy atom. The Balaban J connectivity index is 0.00000289. The largest absolute Gasteiger partial charge is 0.469 e. The standard InChI is InChI=1S/C11H21N3O3.HI/c1-12-11(13-6-5-10(15)16-2)14-8-9-4-3-7-17-9;/h9H,3-8H2,1-2H3,(H2,12,13,14);1H. The molecule has 0 amide bonds. The molecule has 7 heteroatoms. The second-order valence-corrected chi connectivity index (χ2v) is 3.84. The molecular weight excluding hydrogens is 349 g/mol. The van der Waals surface area contributed by atoms with Gasteiger partial charge in [-0.05, 0) is 12.8 Å². The summed E-state index contributed by atoms with van der Waals surface area (Å²) >= 11 is 0. The van der Waals surface area contributed by atoms with Crippen molar-refractivity contribution < 1.29 is 14.3 Å². The fourth-order valence-corrected chi connectivity index (χ4v) is 1.62. The third kappa shape index (κ3) is 7.00. The van der Waals surface area contributed by atoms with Crippen LogP contribution in [-0.4, -0.2) is 51.9 Å². The highest BCUT2D eigenvalue weighted by Crippen LogP contribution is 2.10. The van der Waals surface area contributed by atoms with Gasteiger partial charge in [-0.1, -0.05) is 0 Å². The lowest BCUT2D eigenvalue weighted by atomic mass is 10.2. The van der Waals surface area contributed by atoms with Crippen molar-refractivity contribution in [3.05, 3.63) is 0 Å². The molecular formula is C11H22IN3O3. The summed E-state index contributed by atoms with van der Waals surface area (Å²) in [7, 11) is 3.08. The molecule has 0 aliphatic carbocycles. The SMILES string of the molecule is CN=C(NCCC(=O)OC)NCC1CCCO1.I. The van der Waals surface area contributed by atoms with Gasteiger partial charge in [-0.25, -0.2) is 0 Å². The molecule has 1 rings (SSSR count). The van der Waals surface area contributed by atoms with E-state index in [-0.39, 0.29) is 36.0 Å². The Hall–Kier alpha value is -0.570. The third-order valence-electron chi connectivity index (χ3n) is 2.59. The predicted octanol–water partition coefficient (Wildman–Crippen LogP) is 0.511. The molecule has 0 aromatic rings. The number of esters is 1. The molecule has 1 heterocycles. The molecule has 1 unspecified atom stereocenters. The maximum absolute atomic E-state index is 10.9. The smallest absolute Gasteiger partial charge is 0.307 e. The molecule has 1 aliphatic rings. The van der Waals surface area contributed by atoms with Crippen LogP contribution in [-0.2, 0) is 14.3 Å². The van der Waals surface area contributed by atoms with Crippen LogP contribution in [0.1, 0.15) is 19.3 Å². The van der Waals surface area contributed by atoms with E-state index in [2.05, 4.69) is 20.4 Å². The van der Waals surface area contributed by atoms with Crippen molar-refractivity contribution in [1.82, 2.24) is 10.6 Å². The first-order chi connectivity index (χ1) is 8.26. The van der Waals surface area contributed by atoms with Crippen molar-refractivity contribution in [1.29, 1.82) is 0 Å². The van der Waals surface area contributed by atoms with Crippen LogP contribution in [0.4, 0.5) is 0 Å². The monoisotopic (exact) mass is 371 g/mol. The summed E-state index contributed by atoms with van der Waals surface area (Å²) in [6.45, 7) is 2.11. The van der Waals surface area contributed by atoms with Gasteiger partial charge in [0.15, 0.2) is 5.96 Å². The lowest BCUT2D eigenvalue weighted by molar-refractivity contribution is -0.140. The summed E-state index contributed by atoms with van der Waals surface area (Å²) in [4.78, 5) is 15.0. The highest BCUT2D eigenvalue weighted by molar-refractivity contribution is 14.0. The van der Waals surface area contributed by atoms with Gasteiger partial charge in [-0.2, -0.15) is 0 Å². The fraction of sp³-hybridized carbons (Fsp3) is 0.818. The van der Waals surface area contributed by atoms with Crippen LogP contribution < -0.4 is 10.6 Å². The van der Waals surface area contributed by atoms with Gasteiger partial charge in [0, 0.05) is 26.7 Å². The summed E-state index contributed by atoms with van der Waals surface area (Å²) in [5, 5.41) is 6.21. The number of rotatable bonds is 5. The van der Waals surface area contributed by atoms with Gasteiger partial charge >= 0.3 is 5.97 Å². The Bertz CT molecular complexity index is 268. The summed E-state index contributed by atoms with van der Waals surface area (Å²) in [6, 6.07) is 0. The number of hydrogen-bond acceptors (Lipinski definition) is 4. The Labute approximate surface area is 125 Å². The Kier molecular flexibility index (Phi) is 10.0. The zero-order chi connectivity index (χ0) is 12.5. The Morgan fingerprint density at radius 2 is 2.28 bits per heavy atom. The minimum absolute atomic E-state index is 0. The van der Waals surface area contributed by atoms with Crippen LogP contribution in [0.3, 0.4) is 0 Å². The summed E-state index contributed by atoms with van der Waals surface area (Å²) in [5.74, 6) is 0.455. The highest BCUT2D eigenvalue weighted by Gasteiger charge is 2.15.